The quantitative estimate of drug-likeness (QED) is 0.347. The second-order valence-electron chi connectivity index (χ2n) is 8.08. The zero-order valence-electron chi connectivity index (χ0n) is 19.5. The molecule has 0 spiro atoms. The number of non-ortho nitro benzene ring substituents is 2. The predicted octanol–water partition coefficient (Wildman–Crippen LogP) is -0.837. The van der Waals surface area contributed by atoms with E-state index in [1.807, 2.05) is 0 Å². The molecule has 200 valence electrons. The summed E-state index contributed by atoms with van der Waals surface area (Å²) in [6.07, 6.45) is 0. The van der Waals surface area contributed by atoms with Gasteiger partial charge in [-0.25, -0.2) is 14.7 Å². The number of carbonyl (C=O) groups is 2. The van der Waals surface area contributed by atoms with Crippen molar-refractivity contribution < 1.29 is 34.5 Å². The fraction of sp³-hybridized carbons (Fsp3) is 0.300. The lowest BCUT2D eigenvalue weighted by Crippen LogP contribution is -3.21. The van der Waals surface area contributed by atoms with E-state index in [1.54, 1.807) is 4.90 Å². The molecule has 2 aromatic rings. The van der Waals surface area contributed by atoms with Gasteiger partial charge in [-0.05, 0) is 12.1 Å². The molecule has 0 aromatic heterocycles. The Hall–Kier alpha value is -3.44. The van der Waals surface area contributed by atoms with Crippen LogP contribution in [0.3, 0.4) is 0 Å². The third kappa shape index (κ3) is 7.77. The predicted molar refractivity (Wildman–Crippen MR) is 127 cm³/mol. The summed E-state index contributed by atoms with van der Waals surface area (Å²) in [6.45, 7) is 7.44. The van der Waals surface area contributed by atoms with Gasteiger partial charge in [0.1, 0.15) is 20.0 Å². The number of carboxylic acids is 2. The SMILES string of the molecule is C1N2CN3CN1C[NH+](C2)C3.O=C([O-])c1ccc([N+](=O)[O-])cc1Cl.O=C([O-])c1ccc([N+](=O)[O-])cc1Cl.[NH4+]. The van der Waals surface area contributed by atoms with Crippen molar-refractivity contribution >= 4 is 46.5 Å². The maximum Gasteiger partial charge on any atom is 0.270 e. The first-order chi connectivity index (χ1) is 16.9. The summed E-state index contributed by atoms with van der Waals surface area (Å²) in [5, 5.41) is 40.7. The Morgan fingerprint density at radius 1 is 0.730 bits per heavy atom. The Bertz CT molecular complexity index is 1070. The third-order valence-corrected chi connectivity index (χ3v) is 5.93. The summed E-state index contributed by atoms with van der Waals surface area (Å²) in [6, 6.07) is 6.11. The number of rotatable bonds is 4. The van der Waals surface area contributed by atoms with Crippen LogP contribution in [0, 0.1) is 20.2 Å². The number of quaternary nitrogens is 2. The van der Waals surface area contributed by atoms with Gasteiger partial charge in [0.25, 0.3) is 11.4 Å². The highest BCUT2D eigenvalue weighted by atomic mass is 35.5. The Labute approximate surface area is 219 Å². The molecular formula is C20H23Cl2N7O8. The molecule has 0 radical (unpaired) electrons. The lowest BCUT2D eigenvalue weighted by molar-refractivity contribution is -0.958. The highest BCUT2D eigenvalue weighted by Gasteiger charge is 2.39. The molecule has 4 heterocycles. The topological polar surface area (TPSA) is 217 Å². The van der Waals surface area contributed by atoms with Crippen LogP contribution in [-0.4, -0.2) is 76.5 Å². The first-order valence-corrected chi connectivity index (χ1v) is 11.0. The highest BCUT2D eigenvalue weighted by Crippen LogP contribution is 2.22. The molecule has 5 N–H and O–H groups in total. The number of nitro benzene ring substituents is 2. The molecule has 0 aliphatic carbocycles. The van der Waals surface area contributed by atoms with Crippen molar-refractivity contribution in [3.05, 3.63) is 77.8 Å². The molecule has 4 fully saturated rings. The first kappa shape index (κ1) is 29.8. The molecule has 4 saturated heterocycles. The zero-order chi connectivity index (χ0) is 26.6. The van der Waals surface area contributed by atoms with Crippen LogP contribution in [0.5, 0.6) is 0 Å². The largest absolute Gasteiger partial charge is 0.545 e. The fourth-order valence-corrected chi connectivity index (χ4v) is 4.45. The van der Waals surface area contributed by atoms with Crippen LogP contribution in [-0.2, 0) is 0 Å². The minimum Gasteiger partial charge on any atom is -0.545 e. The molecule has 17 heteroatoms. The van der Waals surface area contributed by atoms with Gasteiger partial charge in [-0.2, -0.15) is 0 Å². The van der Waals surface area contributed by atoms with Gasteiger partial charge >= 0.3 is 0 Å². The number of hydrogen-bond donors (Lipinski definition) is 2. The number of carbonyl (C=O) groups excluding carboxylic acids is 2. The van der Waals surface area contributed by atoms with Gasteiger partial charge in [0.15, 0.2) is 0 Å². The lowest BCUT2D eigenvalue weighted by Gasteiger charge is -2.53. The second kappa shape index (κ2) is 12.7. The molecular weight excluding hydrogens is 537 g/mol. The van der Waals surface area contributed by atoms with E-state index in [0.717, 1.165) is 36.4 Å². The molecule has 4 bridgehead atoms. The number of aromatic carboxylic acids is 2. The van der Waals surface area contributed by atoms with Gasteiger partial charge in [0.05, 0.1) is 51.8 Å². The monoisotopic (exact) mass is 559 g/mol. The van der Waals surface area contributed by atoms with Crippen molar-refractivity contribution in [2.75, 3.05) is 40.0 Å². The molecule has 0 saturated carbocycles. The van der Waals surface area contributed by atoms with Gasteiger partial charge in [0, 0.05) is 35.4 Å². The average Bonchev–Trinajstić information content (AvgIpc) is 2.78. The van der Waals surface area contributed by atoms with E-state index < -0.39 is 21.8 Å². The van der Waals surface area contributed by atoms with Crippen molar-refractivity contribution in [2.45, 2.75) is 0 Å². The van der Waals surface area contributed by atoms with E-state index in [9.17, 15) is 40.0 Å². The summed E-state index contributed by atoms with van der Waals surface area (Å²) < 4.78 is 0. The highest BCUT2D eigenvalue weighted by molar-refractivity contribution is 6.34. The van der Waals surface area contributed by atoms with E-state index in [1.165, 1.54) is 40.0 Å². The van der Waals surface area contributed by atoms with Gasteiger partial charge in [0.2, 0.25) is 0 Å². The van der Waals surface area contributed by atoms with Crippen molar-refractivity contribution in [3.8, 4) is 0 Å². The molecule has 15 nitrogen and oxygen atoms in total. The van der Waals surface area contributed by atoms with E-state index in [-0.39, 0.29) is 38.7 Å². The molecule has 37 heavy (non-hydrogen) atoms. The number of halogens is 2. The van der Waals surface area contributed by atoms with E-state index in [2.05, 4.69) is 14.7 Å². The molecule has 2 aromatic carbocycles. The number of nitrogens with zero attached hydrogens (tertiary/aromatic N) is 5. The standard InChI is InChI=1S/2C7H4ClNO4.C6H12N4.H3N/c2*8-6-3-4(9(12)13)1-2-5(6)7(10)11;1-7-2-9-4-8(1)5-10(3-7)6-9;/h2*1-3H,(H,10,11);1-6H2;1H3. The van der Waals surface area contributed by atoms with Gasteiger partial charge < -0.3 is 26.0 Å². The maximum absolute atomic E-state index is 10.3. The molecule has 4 aliphatic heterocycles. The van der Waals surface area contributed by atoms with Crippen molar-refractivity contribution in [1.29, 1.82) is 0 Å². The minimum atomic E-state index is -1.46. The number of nitrogens with one attached hydrogen (secondary N) is 1. The summed E-state index contributed by atoms with van der Waals surface area (Å²) >= 11 is 10.9. The Morgan fingerprint density at radius 3 is 1.27 bits per heavy atom. The van der Waals surface area contributed by atoms with Crippen molar-refractivity contribution in [1.82, 2.24) is 20.9 Å². The van der Waals surface area contributed by atoms with Gasteiger partial charge in [-0.3, -0.25) is 25.1 Å². The number of hydrogen-bond acceptors (Lipinski definition) is 11. The number of nitro groups is 2. The van der Waals surface area contributed by atoms with Crippen LogP contribution in [0.2, 0.25) is 10.0 Å². The van der Waals surface area contributed by atoms with Gasteiger partial charge in [-0.1, -0.05) is 23.2 Å². The number of benzene rings is 2. The fourth-order valence-electron chi connectivity index (χ4n) is 3.95. The normalized spacial score (nSPS) is 22.3. The third-order valence-electron chi connectivity index (χ3n) is 5.31. The summed E-state index contributed by atoms with van der Waals surface area (Å²) in [5.41, 5.74) is -1.02. The first-order valence-electron chi connectivity index (χ1n) is 10.3. The zero-order valence-corrected chi connectivity index (χ0v) is 21.0. The summed E-state index contributed by atoms with van der Waals surface area (Å²) in [7, 11) is 0. The van der Waals surface area contributed by atoms with Crippen LogP contribution < -0.4 is 21.3 Å². The van der Waals surface area contributed by atoms with Crippen LogP contribution in [0.25, 0.3) is 0 Å². The maximum atomic E-state index is 10.3. The van der Waals surface area contributed by atoms with E-state index in [0.29, 0.717) is 0 Å². The Balaban J connectivity index is 0.000000194. The molecule has 0 amide bonds. The van der Waals surface area contributed by atoms with Crippen LogP contribution in [0.1, 0.15) is 20.7 Å². The lowest BCUT2D eigenvalue weighted by atomic mass is 10.2. The van der Waals surface area contributed by atoms with Crippen LogP contribution >= 0.6 is 23.2 Å². The van der Waals surface area contributed by atoms with E-state index in [4.69, 9.17) is 23.2 Å². The smallest absolute Gasteiger partial charge is 0.270 e. The Morgan fingerprint density at radius 2 is 1.05 bits per heavy atom. The van der Waals surface area contributed by atoms with Crippen LogP contribution in [0.4, 0.5) is 11.4 Å². The van der Waals surface area contributed by atoms with Crippen molar-refractivity contribution in [3.63, 3.8) is 0 Å². The Kier molecular flexibility index (Phi) is 10.2. The summed E-state index contributed by atoms with van der Waals surface area (Å²) in [5.74, 6) is -2.92. The molecule has 6 rings (SSSR count). The average molecular weight is 560 g/mol. The molecule has 0 atom stereocenters. The van der Waals surface area contributed by atoms with E-state index >= 15 is 0 Å². The molecule has 0 unspecified atom stereocenters. The second-order valence-corrected chi connectivity index (χ2v) is 8.89. The molecule has 4 aliphatic rings. The minimum absolute atomic E-state index is 0. The number of carboxylic acid groups (broad SMARTS) is 2. The van der Waals surface area contributed by atoms with Crippen molar-refractivity contribution in [2.24, 2.45) is 0 Å². The van der Waals surface area contributed by atoms with Crippen LogP contribution in [0.15, 0.2) is 36.4 Å². The summed E-state index contributed by atoms with van der Waals surface area (Å²) in [4.78, 5) is 49.0. The van der Waals surface area contributed by atoms with Gasteiger partial charge in [-0.15, -0.1) is 0 Å².